The highest BCUT2D eigenvalue weighted by atomic mass is 32.2. The first kappa shape index (κ1) is 18.6. The molecule has 2 amide bonds. The molecule has 0 bridgehead atoms. The average molecular weight is 361 g/mol. The first-order chi connectivity index (χ1) is 11.8. The van der Waals surface area contributed by atoms with Crippen molar-refractivity contribution in [2.24, 2.45) is 5.73 Å². The normalized spacial score (nSPS) is 11.1. The zero-order valence-electron chi connectivity index (χ0n) is 13.7. The van der Waals surface area contributed by atoms with Gasteiger partial charge in [0.1, 0.15) is 0 Å². The summed E-state index contributed by atoms with van der Waals surface area (Å²) in [6.45, 7) is 1.94. The maximum Gasteiger partial charge on any atom is 0.255 e. The van der Waals surface area contributed by atoms with E-state index in [4.69, 9.17) is 5.73 Å². The highest BCUT2D eigenvalue weighted by Gasteiger charge is 2.15. The minimum absolute atomic E-state index is 0.0267. The van der Waals surface area contributed by atoms with Crippen molar-refractivity contribution in [2.75, 3.05) is 11.9 Å². The van der Waals surface area contributed by atoms with Crippen LogP contribution in [0.3, 0.4) is 0 Å². The Hall–Kier alpha value is -2.71. The third-order valence-electron chi connectivity index (χ3n) is 3.33. The van der Waals surface area contributed by atoms with Crippen LogP contribution in [0.15, 0.2) is 53.4 Å². The van der Waals surface area contributed by atoms with E-state index in [1.54, 1.807) is 31.2 Å². The molecule has 0 saturated heterocycles. The summed E-state index contributed by atoms with van der Waals surface area (Å²) in [4.78, 5) is 23.2. The lowest BCUT2D eigenvalue weighted by Gasteiger charge is -2.08. The SMILES string of the molecule is CCNS(=O)(=O)c1cccc(C(=O)Nc2ccc(CC(N)=O)cc2)c1. The maximum atomic E-state index is 12.3. The van der Waals surface area contributed by atoms with Crippen LogP contribution in [-0.4, -0.2) is 26.8 Å². The second-order valence-electron chi connectivity index (χ2n) is 5.32. The van der Waals surface area contributed by atoms with E-state index in [0.717, 1.165) is 5.56 Å². The number of anilines is 1. The minimum atomic E-state index is -3.63. The first-order valence-corrected chi connectivity index (χ1v) is 9.08. The average Bonchev–Trinajstić information content (AvgIpc) is 2.56. The van der Waals surface area contributed by atoms with E-state index < -0.39 is 21.8 Å². The molecule has 2 aromatic rings. The van der Waals surface area contributed by atoms with Gasteiger partial charge in [-0.05, 0) is 35.9 Å². The number of carbonyl (C=O) groups excluding carboxylic acids is 2. The van der Waals surface area contributed by atoms with Crippen molar-refractivity contribution in [1.82, 2.24) is 4.72 Å². The van der Waals surface area contributed by atoms with E-state index in [2.05, 4.69) is 10.0 Å². The largest absolute Gasteiger partial charge is 0.369 e. The Balaban J connectivity index is 2.14. The third kappa shape index (κ3) is 5.13. The zero-order chi connectivity index (χ0) is 18.4. The van der Waals surface area contributed by atoms with Crippen LogP contribution < -0.4 is 15.8 Å². The number of nitrogens with two attached hydrogens (primary N) is 1. The van der Waals surface area contributed by atoms with Gasteiger partial charge in [-0.3, -0.25) is 9.59 Å². The summed E-state index contributed by atoms with van der Waals surface area (Å²) in [6, 6.07) is 12.4. The van der Waals surface area contributed by atoms with Crippen LogP contribution in [0.5, 0.6) is 0 Å². The molecule has 8 heteroatoms. The molecular weight excluding hydrogens is 342 g/mol. The summed E-state index contributed by atoms with van der Waals surface area (Å²) in [6.07, 6.45) is 0.124. The van der Waals surface area contributed by atoms with Crippen LogP contribution in [0.4, 0.5) is 5.69 Å². The van der Waals surface area contributed by atoms with Crippen LogP contribution in [0, 0.1) is 0 Å². The molecule has 7 nitrogen and oxygen atoms in total. The monoisotopic (exact) mass is 361 g/mol. The molecule has 4 N–H and O–H groups in total. The number of amides is 2. The van der Waals surface area contributed by atoms with Gasteiger partial charge in [0.05, 0.1) is 11.3 Å². The number of rotatable bonds is 7. The van der Waals surface area contributed by atoms with Crippen LogP contribution in [0.25, 0.3) is 0 Å². The minimum Gasteiger partial charge on any atom is -0.369 e. The number of benzene rings is 2. The second kappa shape index (κ2) is 7.91. The molecular formula is C17H19N3O4S. The van der Waals surface area contributed by atoms with Gasteiger partial charge in [-0.1, -0.05) is 25.1 Å². The van der Waals surface area contributed by atoms with Gasteiger partial charge in [0.15, 0.2) is 0 Å². The molecule has 0 fully saturated rings. The Morgan fingerprint density at radius 3 is 2.36 bits per heavy atom. The Bertz CT molecular complexity index is 877. The lowest BCUT2D eigenvalue weighted by Crippen LogP contribution is -2.23. The molecule has 0 heterocycles. The lowest BCUT2D eigenvalue weighted by molar-refractivity contribution is -0.117. The first-order valence-electron chi connectivity index (χ1n) is 7.60. The van der Waals surface area contributed by atoms with Gasteiger partial charge in [0.2, 0.25) is 15.9 Å². The Kier molecular flexibility index (Phi) is 5.89. The molecule has 0 saturated carbocycles. The van der Waals surface area contributed by atoms with Gasteiger partial charge in [0, 0.05) is 17.8 Å². The van der Waals surface area contributed by atoms with E-state index in [-0.39, 0.29) is 23.4 Å². The van der Waals surface area contributed by atoms with Crippen LogP contribution >= 0.6 is 0 Å². The van der Waals surface area contributed by atoms with Crippen LogP contribution in [0.2, 0.25) is 0 Å². The highest BCUT2D eigenvalue weighted by Crippen LogP contribution is 2.15. The quantitative estimate of drug-likeness (QED) is 0.688. The third-order valence-corrected chi connectivity index (χ3v) is 4.87. The van der Waals surface area contributed by atoms with E-state index in [0.29, 0.717) is 5.69 Å². The molecule has 2 aromatic carbocycles. The van der Waals surface area contributed by atoms with Gasteiger partial charge in [-0.2, -0.15) is 0 Å². The fourth-order valence-electron chi connectivity index (χ4n) is 2.19. The smallest absolute Gasteiger partial charge is 0.255 e. The fraction of sp³-hybridized carbons (Fsp3) is 0.176. The molecule has 0 aliphatic carbocycles. The Labute approximate surface area is 146 Å². The predicted octanol–water partition coefficient (Wildman–Crippen LogP) is 1.26. The number of nitrogens with one attached hydrogen (secondary N) is 2. The molecule has 0 aliphatic heterocycles. The highest BCUT2D eigenvalue weighted by molar-refractivity contribution is 7.89. The van der Waals surface area contributed by atoms with Crippen LogP contribution in [0.1, 0.15) is 22.8 Å². The van der Waals surface area contributed by atoms with Crippen molar-refractivity contribution in [3.8, 4) is 0 Å². The van der Waals surface area contributed by atoms with E-state index >= 15 is 0 Å². The summed E-state index contributed by atoms with van der Waals surface area (Å²) < 4.78 is 26.4. The van der Waals surface area contributed by atoms with Gasteiger partial charge in [0.25, 0.3) is 5.91 Å². The lowest BCUT2D eigenvalue weighted by atomic mass is 10.1. The molecule has 0 unspecified atom stereocenters. The molecule has 0 spiro atoms. The zero-order valence-corrected chi connectivity index (χ0v) is 14.5. The van der Waals surface area contributed by atoms with Crippen molar-refractivity contribution in [1.29, 1.82) is 0 Å². The van der Waals surface area contributed by atoms with Crippen molar-refractivity contribution >= 4 is 27.5 Å². The standard InChI is InChI=1S/C17H19N3O4S/c1-2-19-25(23,24)15-5-3-4-13(11-15)17(22)20-14-8-6-12(7-9-14)10-16(18)21/h3-9,11,19H,2,10H2,1H3,(H2,18,21)(H,20,22). The Morgan fingerprint density at radius 1 is 1.08 bits per heavy atom. The summed E-state index contributed by atoms with van der Waals surface area (Å²) >= 11 is 0. The van der Waals surface area contributed by atoms with Crippen molar-refractivity contribution in [2.45, 2.75) is 18.2 Å². The van der Waals surface area contributed by atoms with Gasteiger partial charge >= 0.3 is 0 Å². The van der Waals surface area contributed by atoms with E-state index in [9.17, 15) is 18.0 Å². The summed E-state index contributed by atoms with van der Waals surface area (Å²) in [5.74, 6) is -0.869. The molecule has 25 heavy (non-hydrogen) atoms. The van der Waals surface area contributed by atoms with Gasteiger partial charge in [-0.15, -0.1) is 0 Å². The molecule has 2 rings (SSSR count). The number of carbonyl (C=O) groups is 2. The fourth-order valence-corrected chi connectivity index (χ4v) is 3.27. The number of hydrogen-bond acceptors (Lipinski definition) is 4. The topological polar surface area (TPSA) is 118 Å². The molecule has 0 radical (unpaired) electrons. The van der Waals surface area contributed by atoms with Crippen molar-refractivity contribution in [3.05, 3.63) is 59.7 Å². The van der Waals surface area contributed by atoms with E-state index in [1.165, 1.54) is 24.3 Å². The molecule has 0 aromatic heterocycles. The second-order valence-corrected chi connectivity index (χ2v) is 7.09. The van der Waals surface area contributed by atoms with Crippen LogP contribution in [-0.2, 0) is 21.2 Å². The van der Waals surface area contributed by atoms with Crippen molar-refractivity contribution < 1.29 is 18.0 Å². The Morgan fingerprint density at radius 2 is 1.76 bits per heavy atom. The summed E-state index contributed by atoms with van der Waals surface area (Å²) in [5.41, 5.74) is 6.62. The van der Waals surface area contributed by atoms with Crippen molar-refractivity contribution in [3.63, 3.8) is 0 Å². The van der Waals surface area contributed by atoms with E-state index in [1.807, 2.05) is 0 Å². The molecule has 0 atom stereocenters. The summed E-state index contributed by atoms with van der Waals surface area (Å²) in [5, 5.41) is 2.68. The summed E-state index contributed by atoms with van der Waals surface area (Å²) in [7, 11) is -3.63. The number of hydrogen-bond donors (Lipinski definition) is 3. The molecule has 132 valence electrons. The number of primary amides is 1. The molecule has 0 aliphatic rings. The van der Waals surface area contributed by atoms with Gasteiger partial charge < -0.3 is 11.1 Å². The van der Waals surface area contributed by atoms with Gasteiger partial charge in [-0.25, -0.2) is 13.1 Å². The number of sulfonamides is 1. The maximum absolute atomic E-state index is 12.3. The predicted molar refractivity (Wildman–Crippen MR) is 94.6 cm³/mol.